The van der Waals surface area contributed by atoms with Crippen LogP contribution < -0.4 is 0 Å². The summed E-state index contributed by atoms with van der Waals surface area (Å²) in [7, 11) is 1.11. The van der Waals surface area contributed by atoms with Crippen LogP contribution in [0.1, 0.15) is 22.5 Å². The third-order valence-corrected chi connectivity index (χ3v) is 3.32. The highest BCUT2D eigenvalue weighted by molar-refractivity contribution is 14.1. The van der Waals surface area contributed by atoms with Crippen LogP contribution in [0.15, 0.2) is 6.20 Å². The van der Waals surface area contributed by atoms with E-state index in [1.807, 2.05) is 0 Å². The minimum atomic E-state index is -2.84. The minimum Gasteiger partial charge on any atom is -0.465 e. The van der Waals surface area contributed by atoms with E-state index >= 15 is 0 Å². The van der Waals surface area contributed by atoms with Crippen molar-refractivity contribution in [2.24, 2.45) is 0 Å². The van der Waals surface area contributed by atoms with E-state index in [-0.39, 0.29) is 14.2 Å². The van der Waals surface area contributed by atoms with Gasteiger partial charge >= 0.3 is 5.97 Å². The summed E-state index contributed by atoms with van der Waals surface area (Å²) < 4.78 is 29.6. The third kappa shape index (κ3) is 2.54. The lowest BCUT2D eigenvalue weighted by Gasteiger charge is -2.08. The summed E-state index contributed by atoms with van der Waals surface area (Å²) in [6, 6.07) is 0. The van der Waals surface area contributed by atoms with E-state index in [2.05, 4.69) is 9.72 Å². The molecule has 0 saturated carbocycles. The number of rotatable bonds is 2. The van der Waals surface area contributed by atoms with Gasteiger partial charge in [0.05, 0.1) is 12.1 Å². The maximum Gasteiger partial charge on any atom is 0.341 e. The van der Waals surface area contributed by atoms with E-state index < -0.39 is 18.1 Å². The number of hydrogen-bond donors (Lipinski definition) is 0. The molecule has 0 fully saturated rings. The van der Waals surface area contributed by atoms with E-state index in [0.717, 1.165) is 13.3 Å². The molecule has 0 spiro atoms. The summed E-state index contributed by atoms with van der Waals surface area (Å²) in [6.07, 6.45) is -1.76. The number of aromatic nitrogens is 1. The van der Waals surface area contributed by atoms with Crippen LogP contribution in [-0.4, -0.2) is 18.1 Å². The zero-order valence-corrected chi connectivity index (χ0v) is 10.3. The molecule has 1 rings (SSSR count). The fourth-order valence-electron chi connectivity index (χ4n) is 0.941. The topological polar surface area (TPSA) is 39.2 Å². The zero-order valence-electron chi connectivity index (χ0n) is 7.43. The Kier molecular flexibility index (Phi) is 4.21. The number of halogens is 4. The van der Waals surface area contributed by atoms with Crippen LogP contribution in [0.3, 0.4) is 0 Å². The lowest BCUT2D eigenvalue weighted by atomic mass is 10.2. The summed E-state index contributed by atoms with van der Waals surface area (Å²) in [4.78, 5) is 14.7. The average Bonchev–Trinajstić information content (AvgIpc) is 2.20. The highest BCUT2D eigenvalue weighted by Gasteiger charge is 2.24. The predicted octanol–water partition coefficient (Wildman–Crippen LogP) is 3.06. The molecule has 82 valence electrons. The van der Waals surface area contributed by atoms with Crippen LogP contribution in [0, 0.1) is 3.57 Å². The van der Waals surface area contributed by atoms with Gasteiger partial charge in [0.2, 0.25) is 0 Å². The molecule has 3 nitrogen and oxygen atoms in total. The molecule has 0 aliphatic rings. The molecule has 0 amide bonds. The van der Waals surface area contributed by atoms with Crippen molar-refractivity contribution >= 4 is 40.2 Å². The molecule has 0 atom stereocenters. The molecule has 0 saturated heterocycles. The maximum absolute atomic E-state index is 12.5. The van der Waals surface area contributed by atoms with Crippen molar-refractivity contribution in [2.75, 3.05) is 7.11 Å². The number of esters is 1. The molecule has 0 radical (unpaired) electrons. The molecule has 7 heteroatoms. The molecule has 0 aromatic carbocycles. The molecular weight excluding hydrogens is 342 g/mol. The van der Waals surface area contributed by atoms with E-state index in [9.17, 15) is 13.6 Å². The van der Waals surface area contributed by atoms with E-state index in [4.69, 9.17) is 11.6 Å². The standard InChI is InChI=1S/C8H5ClF2INO2/c1-15-8(14)4-5(12)3(9)2-13-6(4)7(10)11/h2,7H,1H3. The second-order valence-corrected chi connectivity index (χ2v) is 3.96. The Labute approximate surface area is 103 Å². The van der Waals surface area contributed by atoms with Gasteiger partial charge in [-0.1, -0.05) is 11.6 Å². The fourth-order valence-corrected chi connectivity index (χ4v) is 1.72. The van der Waals surface area contributed by atoms with Crippen LogP contribution >= 0.6 is 34.2 Å². The summed E-state index contributed by atoms with van der Waals surface area (Å²) in [6.45, 7) is 0. The molecule has 0 N–H and O–H groups in total. The Bertz CT molecular complexity index is 400. The number of carbonyl (C=O) groups is 1. The van der Waals surface area contributed by atoms with Crippen molar-refractivity contribution in [1.82, 2.24) is 4.98 Å². The Morgan fingerprint density at radius 2 is 2.27 bits per heavy atom. The largest absolute Gasteiger partial charge is 0.465 e. The van der Waals surface area contributed by atoms with E-state index in [1.165, 1.54) is 0 Å². The van der Waals surface area contributed by atoms with Gasteiger partial charge in [0.15, 0.2) is 0 Å². The Morgan fingerprint density at radius 3 is 2.73 bits per heavy atom. The van der Waals surface area contributed by atoms with E-state index in [1.54, 1.807) is 22.6 Å². The number of nitrogens with zero attached hydrogens (tertiary/aromatic N) is 1. The first-order chi connectivity index (χ1) is 6.99. The van der Waals surface area contributed by atoms with Gasteiger partial charge in [0.25, 0.3) is 6.43 Å². The van der Waals surface area contributed by atoms with Crippen LogP contribution in [0.5, 0.6) is 0 Å². The third-order valence-electron chi connectivity index (χ3n) is 1.60. The Balaban J connectivity index is 3.41. The highest BCUT2D eigenvalue weighted by Crippen LogP contribution is 2.29. The van der Waals surface area contributed by atoms with Gasteiger partial charge in [-0.15, -0.1) is 0 Å². The van der Waals surface area contributed by atoms with Gasteiger partial charge < -0.3 is 4.74 Å². The number of carbonyl (C=O) groups excluding carboxylic acids is 1. The van der Waals surface area contributed by atoms with E-state index in [0.29, 0.717) is 0 Å². The van der Waals surface area contributed by atoms with Crippen LogP contribution in [-0.2, 0) is 4.74 Å². The number of pyridine rings is 1. The van der Waals surface area contributed by atoms with Gasteiger partial charge in [0, 0.05) is 9.77 Å². The summed E-state index contributed by atoms with van der Waals surface area (Å²) in [5, 5.41) is 0.139. The monoisotopic (exact) mass is 347 g/mol. The van der Waals surface area contributed by atoms with Crippen molar-refractivity contribution in [3.63, 3.8) is 0 Å². The molecule has 1 heterocycles. The lowest BCUT2D eigenvalue weighted by molar-refractivity contribution is 0.0585. The van der Waals surface area contributed by atoms with Gasteiger partial charge in [-0.05, 0) is 22.6 Å². The second kappa shape index (κ2) is 5.02. The van der Waals surface area contributed by atoms with Gasteiger partial charge in [-0.3, -0.25) is 4.98 Å². The van der Waals surface area contributed by atoms with Crippen molar-refractivity contribution in [2.45, 2.75) is 6.43 Å². The van der Waals surface area contributed by atoms with Gasteiger partial charge in [-0.2, -0.15) is 0 Å². The first kappa shape index (κ1) is 12.6. The van der Waals surface area contributed by atoms with Gasteiger partial charge in [0.1, 0.15) is 11.3 Å². The first-order valence-corrected chi connectivity index (χ1v) is 5.15. The summed E-state index contributed by atoms with van der Waals surface area (Å²) >= 11 is 7.37. The van der Waals surface area contributed by atoms with Crippen LogP contribution in [0.2, 0.25) is 5.02 Å². The number of ether oxygens (including phenoxy) is 1. The average molecular weight is 347 g/mol. The minimum absolute atomic E-state index is 0.139. The number of hydrogen-bond acceptors (Lipinski definition) is 3. The molecular formula is C8H5ClF2INO2. The van der Waals surface area contributed by atoms with Gasteiger partial charge in [-0.25, -0.2) is 13.6 Å². The molecule has 0 unspecified atom stereocenters. The molecule has 1 aromatic rings. The van der Waals surface area contributed by atoms with Crippen LogP contribution in [0.25, 0.3) is 0 Å². The maximum atomic E-state index is 12.5. The fraction of sp³-hybridized carbons (Fsp3) is 0.250. The first-order valence-electron chi connectivity index (χ1n) is 3.69. The Hall–Kier alpha value is -0.500. The second-order valence-electron chi connectivity index (χ2n) is 2.47. The van der Waals surface area contributed by atoms with Crippen LogP contribution in [0.4, 0.5) is 8.78 Å². The normalized spacial score (nSPS) is 10.5. The molecule has 0 bridgehead atoms. The molecule has 0 aliphatic carbocycles. The summed E-state index contributed by atoms with van der Waals surface area (Å²) in [5.74, 6) is -0.871. The lowest BCUT2D eigenvalue weighted by Crippen LogP contribution is -2.11. The predicted molar refractivity (Wildman–Crippen MR) is 58.3 cm³/mol. The molecule has 1 aromatic heterocycles. The van der Waals surface area contributed by atoms with Crippen molar-refractivity contribution in [3.05, 3.63) is 26.0 Å². The SMILES string of the molecule is COC(=O)c1c(C(F)F)ncc(Cl)c1I. The number of alkyl halides is 2. The number of methoxy groups -OCH3 is 1. The molecule has 15 heavy (non-hydrogen) atoms. The quantitative estimate of drug-likeness (QED) is 0.610. The van der Waals surface area contributed by atoms with Crippen molar-refractivity contribution in [3.8, 4) is 0 Å². The van der Waals surface area contributed by atoms with Crippen molar-refractivity contribution in [1.29, 1.82) is 0 Å². The molecule has 0 aliphatic heterocycles. The Morgan fingerprint density at radius 1 is 1.67 bits per heavy atom. The zero-order chi connectivity index (χ0) is 11.6. The van der Waals surface area contributed by atoms with Crippen molar-refractivity contribution < 1.29 is 18.3 Å². The summed E-state index contributed by atoms with van der Waals surface area (Å²) in [5.41, 5.74) is -0.892. The smallest absolute Gasteiger partial charge is 0.341 e. The highest BCUT2D eigenvalue weighted by atomic mass is 127.